The molecule has 11 nitrogen and oxygen atoms in total. The van der Waals surface area contributed by atoms with E-state index in [-0.39, 0.29) is 36.1 Å². The molecule has 2 aromatic carbocycles. The van der Waals surface area contributed by atoms with Crippen LogP contribution in [0.3, 0.4) is 0 Å². The Hall–Kier alpha value is -4.54. The number of anilines is 1. The average molecular weight is 476 g/mol. The fourth-order valence-electron chi connectivity index (χ4n) is 4.43. The second-order valence-electron chi connectivity index (χ2n) is 8.47. The van der Waals surface area contributed by atoms with Gasteiger partial charge in [-0.2, -0.15) is 0 Å². The summed E-state index contributed by atoms with van der Waals surface area (Å²) in [5.41, 5.74) is 3.00. The Labute approximate surface area is 198 Å². The van der Waals surface area contributed by atoms with Gasteiger partial charge in [0.05, 0.1) is 10.6 Å². The number of imide groups is 1. The molecule has 2 aliphatic heterocycles. The number of hydrogen-bond donors (Lipinski definition) is 2. The molecule has 2 heterocycles. The number of nitro groups is 1. The molecule has 1 saturated heterocycles. The molecular weight excluding hydrogens is 456 g/mol. The molecule has 2 aromatic rings. The van der Waals surface area contributed by atoms with E-state index in [0.717, 1.165) is 24.8 Å². The molecule has 178 valence electrons. The van der Waals surface area contributed by atoms with Crippen molar-refractivity contribution >= 4 is 40.9 Å². The van der Waals surface area contributed by atoms with Gasteiger partial charge in [-0.3, -0.25) is 40.0 Å². The first-order valence-corrected chi connectivity index (χ1v) is 11.1. The van der Waals surface area contributed by atoms with Crippen molar-refractivity contribution in [2.24, 2.45) is 0 Å². The van der Waals surface area contributed by atoms with Gasteiger partial charge >= 0.3 is 6.09 Å². The topological polar surface area (TPSA) is 148 Å². The van der Waals surface area contributed by atoms with Crippen LogP contribution in [0.25, 0.3) is 5.70 Å². The maximum atomic E-state index is 13.3. The van der Waals surface area contributed by atoms with Gasteiger partial charge in [0.25, 0.3) is 11.6 Å². The van der Waals surface area contributed by atoms with E-state index in [9.17, 15) is 29.3 Å². The van der Waals surface area contributed by atoms with Crippen LogP contribution in [0.4, 0.5) is 16.2 Å². The van der Waals surface area contributed by atoms with Gasteiger partial charge < -0.3 is 4.74 Å². The first kappa shape index (κ1) is 22.3. The number of allylic oxidation sites excluding steroid dienone is 1. The first-order chi connectivity index (χ1) is 16.8. The molecule has 0 bridgehead atoms. The number of carbonyl (C=O) groups is 4. The van der Waals surface area contributed by atoms with Crippen molar-refractivity contribution in [2.45, 2.75) is 38.1 Å². The fraction of sp³-hybridized carbons (Fsp3) is 0.250. The number of rotatable bonds is 4. The van der Waals surface area contributed by atoms with E-state index in [4.69, 9.17) is 4.74 Å². The lowest BCUT2D eigenvalue weighted by Gasteiger charge is -2.33. The van der Waals surface area contributed by atoms with Crippen LogP contribution >= 0.6 is 0 Å². The highest BCUT2D eigenvalue weighted by molar-refractivity contribution is 6.13. The summed E-state index contributed by atoms with van der Waals surface area (Å²) in [5.74, 6) is -1.04. The Morgan fingerprint density at radius 2 is 1.80 bits per heavy atom. The smallest absolute Gasteiger partial charge is 0.410 e. The molecule has 0 aromatic heterocycles. The number of carbonyl (C=O) groups excluding carboxylic acids is 4. The maximum Gasteiger partial charge on any atom is 0.417 e. The van der Waals surface area contributed by atoms with E-state index in [1.54, 1.807) is 18.2 Å². The summed E-state index contributed by atoms with van der Waals surface area (Å²) in [6.07, 6.45) is 2.17. The van der Waals surface area contributed by atoms with Gasteiger partial charge in [-0.15, -0.1) is 0 Å². The third-order valence-corrected chi connectivity index (χ3v) is 6.28. The van der Waals surface area contributed by atoms with Crippen molar-refractivity contribution in [2.75, 3.05) is 5.32 Å². The third-order valence-electron chi connectivity index (χ3n) is 6.28. The number of nitrogens with one attached hydrogen (secondary N) is 2. The number of piperidine rings is 1. The zero-order valence-corrected chi connectivity index (χ0v) is 18.4. The highest BCUT2D eigenvalue weighted by Gasteiger charge is 2.44. The van der Waals surface area contributed by atoms with Crippen LogP contribution in [0.1, 0.15) is 48.0 Å². The fourth-order valence-corrected chi connectivity index (χ4v) is 4.43. The number of non-ortho nitro benzene ring substituents is 1. The second kappa shape index (κ2) is 8.67. The molecule has 2 N–H and O–H groups in total. The van der Waals surface area contributed by atoms with Crippen molar-refractivity contribution < 1.29 is 28.8 Å². The lowest BCUT2D eigenvalue weighted by atomic mass is 9.87. The second-order valence-corrected chi connectivity index (χ2v) is 8.47. The molecule has 1 atom stereocenters. The van der Waals surface area contributed by atoms with Crippen molar-refractivity contribution in [3.63, 3.8) is 0 Å². The molecule has 11 heteroatoms. The quantitative estimate of drug-likeness (QED) is 0.390. The Kier molecular flexibility index (Phi) is 5.51. The van der Waals surface area contributed by atoms with E-state index >= 15 is 0 Å². The lowest BCUT2D eigenvalue weighted by molar-refractivity contribution is -0.384. The summed E-state index contributed by atoms with van der Waals surface area (Å²) in [6, 6.07) is 9.12. The summed E-state index contributed by atoms with van der Waals surface area (Å²) in [7, 11) is 0. The highest BCUT2D eigenvalue weighted by Crippen LogP contribution is 2.44. The van der Waals surface area contributed by atoms with Gasteiger partial charge in [0.15, 0.2) is 0 Å². The van der Waals surface area contributed by atoms with Crippen LogP contribution in [0.2, 0.25) is 0 Å². The molecule has 1 unspecified atom stereocenters. The highest BCUT2D eigenvalue weighted by atomic mass is 16.6. The third kappa shape index (κ3) is 4.12. The van der Waals surface area contributed by atoms with Crippen LogP contribution in [0.15, 0.2) is 48.0 Å². The molecule has 1 saturated carbocycles. The predicted octanol–water partition coefficient (Wildman–Crippen LogP) is 3.36. The minimum Gasteiger partial charge on any atom is -0.410 e. The van der Waals surface area contributed by atoms with Crippen molar-refractivity contribution in [1.82, 2.24) is 10.2 Å². The Morgan fingerprint density at radius 3 is 2.43 bits per heavy atom. The van der Waals surface area contributed by atoms with Crippen LogP contribution in [0.5, 0.6) is 5.75 Å². The molecule has 0 radical (unpaired) electrons. The van der Waals surface area contributed by atoms with E-state index in [1.807, 2.05) is 0 Å². The number of nitrogens with zero attached hydrogens (tertiary/aromatic N) is 2. The summed E-state index contributed by atoms with van der Waals surface area (Å²) in [6.45, 7) is 0. The Morgan fingerprint density at radius 1 is 1.06 bits per heavy atom. The molecule has 3 aliphatic rings. The summed E-state index contributed by atoms with van der Waals surface area (Å²) < 4.78 is 5.19. The van der Waals surface area contributed by atoms with Crippen molar-refractivity contribution in [3.05, 3.63) is 69.3 Å². The average Bonchev–Trinajstić information content (AvgIpc) is 3.04. The van der Waals surface area contributed by atoms with Gasteiger partial charge in [0.1, 0.15) is 11.8 Å². The van der Waals surface area contributed by atoms with Gasteiger partial charge in [-0.05, 0) is 61.6 Å². The minimum absolute atomic E-state index is 0.127. The van der Waals surface area contributed by atoms with Gasteiger partial charge in [0.2, 0.25) is 11.8 Å². The minimum atomic E-state index is -0.803. The number of benzene rings is 2. The molecular formula is C24H20N4O7. The molecule has 35 heavy (non-hydrogen) atoms. The number of ether oxygens (including phenoxy) is 1. The first-order valence-electron chi connectivity index (χ1n) is 11.1. The summed E-state index contributed by atoms with van der Waals surface area (Å²) >= 11 is 0. The lowest BCUT2D eigenvalue weighted by Crippen LogP contribution is -2.52. The number of hydrogen-bond acceptors (Lipinski definition) is 7. The molecule has 1 aliphatic carbocycles. The molecule has 0 spiro atoms. The van der Waals surface area contributed by atoms with E-state index in [1.165, 1.54) is 29.2 Å². The zero-order valence-electron chi connectivity index (χ0n) is 18.4. The normalized spacial score (nSPS) is 19.1. The Balaban J connectivity index is 1.39. The standard InChI is InChI=1S/C24H20N4O7/c29-20-11-10-19(22(30)26-20)27-21(13-2-1-3-13)18-12-14(4-9-17(18)23(27)31)25-24(32)35-16-7-5-15(6-8-16)28(33)34/h4-9,12,19H,1-3,10-11H2,(H,25,32)(H,26,29,30). The van der Waals surface area contributed by atoms with Crippen LogP contribution in [0, 0.1) is 10.1 Å². The van der Waals surface area contributed by atoms with Gasteiger partial charge in [0, 0.05) is 35.4 Å². The van der Waals surface area contributed by atoms with Crippen LogP contribution in [-0.2, 0) is 9.59 Å². The monoisotopic (exact) mass is 476 g/mol. The van der Waals surface area contributed by atoms with E-state index in [0.29, 0.717) is 22.5 Å². The molecule has 5 rings (SSSR count). The van der Waals surface area contributed by atoms with Crippen molar-refractivity contribution in [1.29, 1.82) is 0 Å². The summed E-state index contributed by atoms with van der Waals surface area (Å²) in [4.78, 5) is 61.5. The molecule has 4 amide bonds. The predicted molar refractivity (Wildman–Crippen MR) is 122 cm³/mol. The number of nitro benzene ring substituents is 1. The van der Waals surface area contributed by atoms with Gasteiger partial charge in [-0.1, -0.05) is 0 Å². The number of amides is 4. The largest absolute Gasteiger partial charge is 0.417 e. The van der Waals surface area contributed by atoms with Gasteiger partial charge in [-0.25, -0.2) is 4.79 Å². The van der Waals surface area contributed by atoms with E-state index in [2.05, 4.69) is 10.6 Å². The summed E-state index contributed by atoms with van der Waals surface area (Å²) in [5, 5.41) is 15.7. The SMILES string of the molecule is O=C1CCC(N2C(=O)c3ccc(NC(=O)Oc4ccc([N+](=O)[O-])cc4)cc3C2=C2CCC2)C(=O)N1. The van der Waals surface area contributed by atoms with E-state index < -0.39 is 23.0 Å². The zero-order chi connectivity index (χ0) is 24.7. The van der Waals surface area contributed by atoms with Crippen molar-refractivity contribution in [3.8, 4) is 5.75 Å². The number of fused-ring (bicyclic) bond motifs is 1. The van der Waals surface area contributed by atoms with Crippen LogP contribution in [-0.4, -0.2) is 39.7 Å². The maximum absolute atomic E-state index is 13.3. The Bertz CT molecular complexity index is 1310. The van der Waals surface area contributed by atoms with Crippen LogP contribution < -0.4 is 15.4 Å². The molecule has 2 fully saturated rings.